The molecule has 0 aliphatic carbocycles. The maximum Gasteiger partial charge on any atom is 0.232 e. The number of rotatable bonds is 2. The lowest BCUT2D eigenvalue weighted by Crippen LogP contribution is -2.38. The molecular formula is C8H14N2OS. The Bertz CT molecular complexity index is 199. The van der Waals surface area contributed by atoms with Gasteiger partial charge in [0.05, 0.1) is 10.9 Å². The summed E-state index contributed by atoms with van der Waals surface area (Å²) in [6.45, 7) is 3.50. The van der Waals surface area contributed by atoms with Crippen LogP contribution in [0.15, 0.2) is 0 Å². The van der Waals surface area contributed by atoms with E-state index in [0.717, 1.165) is 25.9 Å². The number of hydrogen-bond acceptors (Lipinski definition) is 2. The van der Waals surface area contributed by atoms with Gasteiger partial charge in [0.25, 0.3) is 0 Å². The molecule has 2 N–H and O–H groups in total. The van der Waals surface area contributed by atoms with E-state index in [9.17, 15) is 4.79 Å². The van der Waals surface area contributed by atoms with E-state index >= 15 is 0 Å². The lowest BCUT2D eigenvalue weighted by molar-refractivity contribution is -0.131. The van der Waals surface area contributed by atoms with Crippen LogP contribution in [0, 0.1) is 5.92 Å². The van der Waals surface area contributed by atoms with E-state index in [1.807, 2.05) is 4.90 Å². The predicted molar refractivity (Wildman–Crippen MR) is 51.8 cm³/mol. The van der Waals surface area contributed by atoms with Crippen molar-refractivity contribution in [2.75, 3.05) is 13.1 Å². The zero-order chi connectivity index (χ0) is 9.14. The third-order valence-electron chi connectivity index (χ3n) is 2.21. The van der Waals surface area contributed by atoms with Crippen LogP contribution in [0.2, 0.25) is 0 Å². The second kappa shape index (κ2) is 3.85. The molecule has 1 aliphatic heterocycles. The number of thiocarbonyl (C=S) groups is 1. The molecule has 0 radical (unpaired) electrons. The number of likely N-dealkylation sites (tertiary alicyclic amines) is 1. The Balaban J connectivity index is 2.51. The first kappa shape index (κ1) is 9.45. The quantitative estimate of drug-likeness (QED) is 0.640. The van der Waals surface area contributed by atoms with E-state index in [-0.39, 0.29) is 11.8 Å². The molecule has 1 atom stereocenters. The van der Waals surface area contributed by atoms with Crippen molar-refractivity contribution in [2.24, 2.45) is 11.7 Å². The van der Waals surface area contributed by atoms with Crippen molar-refractivity contribution in [2.45, 2.75) is 19.8 Å². The largest absolute Gasteiger partial charge is 0.393 e. The van der Waals surface area contributed by atoms with Crippen LogP contribution in [0.4, 0.5) is 0 Å². The Morgan fingerprint density at radius 1 is 1.50 bits per heavy atom. The van der Waals surface area contributed by atoms with Crippen molar-refractivity contribution in [3.05, 3.63) is 0 Å². The van der Waals surface area contributed by atoms with E-state index in [2.05, 4.69) is 0 Å². The summed E-state index contributed by atoms with van der Waals surface area (Å²) < 4.78 is 0. The van der Waals surface area contributed by atoms with Crippen LogP contribution in [0.3, 0.4) is 0 Å². The highest BCUT2D eigenvalue weighted by Gasteiger charge is 2.24. The van der Waals surface area contributed by atoms with Crippen LogP contribution in [-0.2, 0) is 4.79 Å². The summed E-state index contributed by atoms with van der Waals surface area (Å²) in [6, 6.07) is 0. The molecule has 1 heterocycles. The summed E-state index contributed by atoms with van der Waals surface area (Å²) in [5.74, 6) is -0.210. The van der Waals surface area contributed by atoms with Gasteiger partial charge in [-0.1, -0.05) is 12.2 Å². The Kier molecular flexibility index (Phi) is 3.03. The highest BCUT2D eigenvalue weighted by Crippen LogP contribution is 2.11. The number of carbonyl (C=O) groups is 1. The van der Waals surface area contributed by atoms with E-state index in [4.69, 9.17) is 18.0 Å². The van der Waals surface area contributed by atoms with Gasteiger partial charge in [-0.05, 0) is 19.8 Å². The van der Waals surface area contributed by atoms with Crippen LogP contribution in [0.25, 0.3) is 0 Å². The van der Waals surface area contributed by atoms with Gasteiger partial charge in [-0.2, -0.15) is 0 Å². The number of amides is 1. The molecule has 0 bridgehead atoms. The fraction of sp³-hybridized carbons (Fsp3) is 0.750. The molecule has 68 valence electrons. The summed E-state index contributed by atoms with van der Waals surface area (Å²) in [5.41, 5.74) is 5.39. The molecule has 0 aromatic rings. The number of hydrogen-bond donors (Lipinski definition) is 1. The number of nitrogens with zero attached hydrogens (tertiary/aromatic N) is 1. The first-order valence-corrected chi connectivity index (χ1v) is 4.62. The molecule has 1 rings (SSSR count). The Labute approximate surface area is 77.9 Å². The van der Waals surface area contributed by atoms with E-state index in [1.165, 1.54) is 0 Å². The van der Waals surface area contributed by atoms with Crippen molar-refractivity contribution in [1.29, 1.82) is 0 Å². The van der Waals surface area contributed by atoms with Crippen molar-refractivity contribution in [1.82, 2.24) is 4.90 Å². The molecule has 0 aromatic carbocycles. The van der Waals surface area contributed by atoms with Gasteiger partial charge in [0, 0.05) is 13.1 Å². The fourth-order valence-electron chi connectivity index (χ4n) is 1.33. The molecule has 0 saturated carbocycles. The van der Waals surface area contributed by atoms with Gasteiger partial charge in [-0.15, -0.1) is 0 Å². The average molecular weight is 186 g/mol. The summed E-state index contributed by atoms with van der Waals surface area (Å²) in [6.07, 6.45) is 2.21. The van der Waals surface area contributed by atoms with Crippen molar-refractivity contribution >= 4 is 23.1 Å². The van der Waals surface area contributed by atoms with Gasteiger partial charge in [0.1, 0.15) is 0 Å². The van der Waals surface area contributed by atoms with Gasteiger partial charge >= 0.3 is 0 Å². The molecule has 12 heavy (non-hydrogen) atoms. The molecule has 0 spiro atoms. The summed E-state index contributed by atoms with van der Waals surface area (Å²) in [7, 11) is 0. The lowest BCUT2D eigenvalue weighted by Gasteiger charge is -2.19. The van der Waals surface area contributed by atoms with E-state index < -0.39 is 0 Å². The second-order valence-corrected chi connectivity index (χ2v) is 3.63. The van der Waals surface area contributed by atoms with Gasteiger partial charge in [-0.25, -0.2) is 0 Å². The highest BCUT2D eigenvalue weighted by atomic mass is 32.1. The van der Waals surface area contributed by atoms with Gasteiger partial charge in [0.2, 0.25) is 5.91 Å². The molecule has 4 heteroatoms. The minimum Gasteiger partial charge on any atom is -0.393 e. The first-order chi connectivity index (χ1) is 5.63. The predicted octanol–water partition coefficient (Wildman–Crippen LogP) is 0.531. The van der Waals surface area contributed by atoms with Crippen LogP contribution in [0.5, 0.6) is 0 Å². The summed E-state index contributed by atoms with van der Waals surface area (Å²) in [4.78, 5) is 13.7. The van der Waals surface area contributed by atoms with Crippen molar-refractivity contribution in [3.8, 4) is 0 Å². The molecule has 1 unspecified atom stereocenters. The standard InChI is InChI=1S/C8H14N2OS/c1-6(7(9)12)8(11)10-4-2-3-5-10/h6H,2-5H2,1H3,(H2,9,12). The number of nitrogens with two attached hydrogens (primary N) is 1. The van der Waals surface area contributed by atoms with Crippen molar-refractivity contribution < 1.29 is 4.79 Å². The van der Waals surface area contributed by atoms with Gasteiger partial charge < -0.3 is 10.6 Å². The van der Waals surface area contributed by atoms with Crippen LogP contribution in [0.1, 0.15) is 19.8 Å². The van der Waals surface area contributed by atoms with Gasteiger partial charge in [-0.3, -0.25) is 4.79 Å². The smallest absolute Gasteiger partial charge is 0.232 e. The summed E-state index contributed by atoms with van der Waals surface area (Å²) in [5, 5.41) is 0. The van der Waals surface area contributed by atoms with Crippen LogP contribution in [-0.4, -0.2) is 28.9 Å². The topological polar surface area (TPSA) is 46.3 Å². The second-order valence-electron chi connectivity index (χ2n) is 3.16. The molecule has 1 fully saturated rings. The normalized spacial score (nSPS) is 19.2. The minimum atomic E-state index is -0.293. The Hall–Kier alpha value is -0.640. The Morgan fingerprint density at radius 3 is 2.42 bits per heavy atom. The monoisotopic (exact) mass is 186 g/mol. The lowest BCUT2D eigenvalue weighted by atomic mass is 10.1. The molecule has 1 aliphatic rings. The molecular weight excluding hydrogens is 172 g/mol. The number of carbonyl (C=O) groups excluding carboxylic acids is 1. The molecule has 1 amide bonds. The average Bonchev–Trinajstić information content (AvgIpc) is 2.53. The molecule has 3 nitrogen and oxygen atoms in total. The zero-order valence-electron chi connectivity index (χ0n) is 7.25. The maximum atomic E-state index is 11.5. The molecule has 0 aromatic heterocycles. The van der Waals surface area contributed by atoms with E-state index in [1.54, 1.807) is 6.92 Å². The minimum absolute atomic E-state index is 0.0833. The summed E-state index contributed by atoms with van der Waals surface area (Å²) >= 11 is 4.76. The SMILES string of the molecule is CC(C(=O)N1CCCC1)C(N)=S. The van der Waals surface area contributed by atoms with Crippen LogP contribution >= 0.6 is 12.2 Å². The van der Waals surface area contributed by atoms with Crippen molar-refractivity contribution in [3.63, 3.8) is 0 Å². The third kappa shape index (κ3) is 1.94. The van der Waals surface area contributed by atoms with Crippen LogP contribution < -0.4 is 5.73 Å². The fourth-order valence-corrected chi connectivity index (χ4v) is 1.43. The molecule has 1 saturated heterocycles. The Morgan fingerprint density at radius 2 is 2.00 bits per heavy atom. The van der Waals surface area contributed by atoms with Gasteiger partial charge in [0.15, 0.2) is 0 Å². The third-order valence-corrected chi connectivity index (χ3v) is 2.57. The first-order valence-electron chi connectivity index (χ1n) is 4.21. The highest BCUT2D eigenvalue weighted by molar-refractivity contribution is 7.80. The zero-order valence-corrected chi connectivity index (χ0v) is 8.06. The van der Waals surface area contributed by atoms with E-state index in [0.29, 0.717) is 4.99 Å². The maximum absolute atomic E-state index is 11.5.